The van der Waals surface area contributed by atoms with Crippen molar-refractivity contribution in [2.75, 3.05) is 6.54 Å². The Kier molecular flexibility index (Phi) is 5.85. The standard InChI is InChI=1S/C5H10NOP.C2H6/c7-4-5-2-1-3-6(5)8;1-2/h4-5H,1-3,8H2;1-2H3. The van der Waals surface area contributed by atoms with E-state index in [2.05, 4.69) is 9.39 Å². The zero-order valence-corrected chi connectivity index (χ0v) is 7.86. The number of aldehydes is 1. The molecule has 60 valence electrons. The minimum Gasteiger partial charge on any atom is -0.302 e. The van der Waals surface area contributed by atoms with Crippen molar-refractivity contribution in [1.82, 2.24) is 4.67 Å². The Hall–Kier alpha value is 0.0600. The molecule has 2 unspecified atom stereocenters. The van der Waals surface area contributed by atoms with Crippen LogP contribution in [0, 0.1) is 0 Å². The molecule has 0 aliphatic carbocycles. The first-order valence-electron chi connectivity index (χ1n) is 3.81. The topological polar surface area (TPSA) is 20.3 Å². The normalized spacial score (nSPS) is 25.3. The fraction of sp³-hybridized carbons (Fsp3) is 0.857. The second kappa shape index (κ2) is 5.82. The third-order valence-electron chi connectivity index (χ3n) is 1.50. The van der Waals surface area contributed by atoms with Crippen molar-refractivity contribution >= 4 is 15.7 Å². The Morgan fingerprint density at radius 1 is 1.60 bits per heavy atom. The Morgan fingerprint density at radius 3 is 2.40 bits per heavy atom. The molecule has 2 nitrogen and oxygen atoms in total. The third kappa shape index (κ3) is 2.76. The zero-order chi connectivity index (χ0) is 7.98. The average Bonchev–Trinajstić information content (AvgIpc) is 2.39. The molecule has 1 saturated heterocycles. The maximum Gasteiger partial charge on any atom is 0.137 e. The van der Waals surface area contributed by atoms with Crippen molar-refractivity contribution < 1.29 is 4.79 Å². The summed E-state index contributed by atoms with van der Waals surface area (Å²) >= 11 is 0. The van der Waals surface area contributed by atoms with Crippen molar-refractivity contribution in [3.05, 3.63) is 0 Å². The monoisotopic (exact) mass is 161 g/mol. The first-order chi connectivity index (χ1) is 4.84. The molecule has 1 rings (SSSR count). The van der Waals surface area contributed by atoms with Crippen LogP contribution in [0.1, 0.15) is 26.7 Å². The summed E-state index contributed by atoms with van der Waals surface area (Å²) in [5.74, 6) is 0. The van der Waals surface area contributed by atoms with Crippen LogP contribution in [0.4, 0.5) is 0 Å². The van der Waals surface area contributed by atoms with Gasteiger partial charge in [0.05, 0.1) is 6.04 Å². The third-order valence-corrected chi connectivity index (χ3v) is 2.14. The summed E-state index contributed by atoms with van der Waals surface area (Å²) in [6, 6.07) is 0.181. The number of carbonyl (C=O) groups is 1. The van der Waals surface area contributed by atoms with E-state index in [1.54, 1.807) is 0 Å². The van der Waals surface area contributed by atoms with E-state index in [0.29, 0.717) is 0 Å². The molecule has 0 N–H and O–H groups in total. The molecule has 1 heterocycles. The van der Waals surface area contributed by atoms with Crippen LogP contribution in [0.25, 0.3) is 0 Å². The lowest BCUT2D eigenvalue weighted by molar-refractivity contribution is -0.110. The summed E-state index contributed by atoms with van der Waals surface area (Å²) in [6.45, 7) is 5.05. The quantitative estimate of drug-likeness (QED) is 0.428. The minimum absolute atomic E-state index is 0.181. The average molecular weight is 161 g/mol. The molecule has 0 amide bonds. The fourth-order valence-corrected chi connectivity index (χ4v) is 1.36. The van der Waals surface area contributed by atoms with Crippen LogP contribution in [-0.4, -0.2) is 23.5 Å². The highest BCUT2D eigenvalue weighted by molar-refractivity contribution is 7.13. The predicted molar refractivity (Wildman–Crippen MR) is 46.9 cm³/mol. The van der Waals surface area contributed by atoms with E-state index >= 15 is 0 Å². The molecule has 1 aliphatic heterocycles. The number of hydrogen-bond donors (Lipinski definition) is 0. The summed E-state index contributed by atoms with van der Waals surface area (Å²) < 4.78 is 2.01. The molecule has 3 heteroatoms. The van der Waals surface area contributed by atoms with Gasteiger partial charge < -0.3 is 4.79 Å². The van der Waals surface area contributed by atoms with Crippen molar-refractivity contribution in [3.63, 3.8) is 0 Å². The van der Waals surface area contributed by atoms with Gasteiger partial charge in [0, 0.05) is 6.54 Å². The van der Waals surface area contributed by atoms with Gasteiger partial charge in [0.25, 0.3) is 0 Å². The van der Waals surface area contributed by atoms with Gasteiger partial charge in [-0.25, -0.2) is 0 Å². The van der Waals surface area contributed by atoms with Crippen molar-refractivity contribution in [2.24, 2.45) is 0 Å². The van der Waals surface area contributed by atoms with Crippen molar-refractivity contribution in [3.8, 4) is 0 Å². The van der Waals surface area contributed by atoms with Gasteiger partial charge in [-0.15, -0.1) is 0 Å². The number of hydrogen-bond acceptors (Lipinski definition) is 2. The Balaban J connectivity index is 0.000000371. The number of nitrogens with zero attached hydrogens (tertiary/aromatic N) is 1. The highest BCUT2D eigenvalue weighted by Gasteiger charge is 2.19. The van der Waals surface area contributed by atoms with Crippen molar-refractivity contribution in [1.29, 1.82) is 0 Å². The SMILES string of the molecule is CC.O=CC1CCCN1P. The first-order valence-corrected chi connectivity index (χ1v) is 4.33. The summed E-state index contributed by atoms with van der Waals surface area (Å²) in [5.41, 5.74) is 0. The summed E-state index contributed by atoms with van der Waals surface area (Å²) in [4.78, 5) is 10.2. The van der Waals surface area contributed by atoms with Crippen LogP contribution in [0.2, 0.25) is 0 Å². The van der Waals surface area contributed by atoms with Gasteiger partial charge >= 0.3 is 0 Å². The summed E-state index contributed by atoms with van der Waals surface area (Å²) in [6.07, 6.45) is 3.21. The van der Waals surface area contributed by atoms with Gasteiger partial charge in [-0.1, -0.05) is 23.2 Å². The lowest BCUT2D eigenvalue weighted by Gasteiger charge is -2.10. The highest BCUT2D eigenvalue weighted by Crippen LogP contribution is 2.18. The summed E-state index contributed by atoms with van der Waals surface area (Å²) in [7, 11) is 2.56. The van der Waals surface area contributed by atoms with Gasteiger partial charge in [-0.05, 0) is 12.8 Å². The van der Waals surface area contributed by atoms with Gasteiger partial charge in [-0.2, -0.15) is 0 Å². The smallest absolute Gasteiger partial charge is 0.137 e. The van der Waals surface area contributed by atoms with Crippen LogP contribution in [0.15, 0.2) is 0 Å². The number of carbonyl (C=O) groups excluding carboxylic acids is 1. The molecule has 0 bridgehead atoms. The summed E-state index contributed by atoms with van der Waals surface area (Å²) in [5, 5.41) is 0. The molecular weight excluding hydrogens is 145 g/mol. The first kappa shape index (κ1) is 10.1. The van der Waals surface area contributed by atoms with E-state index in [9.17, 15) is 4.79 Å². The minimum atomic E-state index is 0.181. The highest BCUT2D eigenvalue weighted by atomic mass is 31.0. The molecule has 2 atom stereocenters. The Bertz CT molecular complexity index is 97.6. The molecule has 0 saturated carbocycles. The molecule has 0 aromatic carbocycles. The lowest BCUT2D eigenvalue weighted by Crippen LogP contribution is -2.19. The predicted octanol–water partition coefficient (Wildman–Crippen LogP) is 1.47. The molecule has 0 aromatic rings. The largest absolute Gasteiger partial charge is 0.302 e. The van der Waals surface area contributed by atoms with Gasteiger partial charge in [0.2, 0.25) is 0 Å². The second-order valence-electron chi connectivity index (χ2n) is 2.08. The molecule has 0 aromatic heterocycles. The lowest BCUT2D eigenvalue weighted by atomic mass is 10.2. The fourth-order valence-electron chi connectivity index (χ4n) is 0.961. The van der Waals surface area contributed by atoms with E-state index in [1.807, 2.05) is 18.5 Å². The zero-order valence-electron chi connectivity index (χ0n) is 6.71. The Labute approximate surface area is 65.2 Å². The molecule has 1 aliphatic rings. The van der Waals surface area contributed by atoms with Gasteiger partial charge in [-0.3, -0.25) is 4.67 Å². The Morgan fingerprint density at radius 2 is 2.20 bits per heavy atom. The van der Waals surface area contributed by atoms with E-state index in [-0.39, 0.29) is 6.04 Å². The van der Waals surface area contributed by atoms with Gasteiger partial charge in [0.15, 0.2) is 0 Å². The van der Waals surface area contributed by atoms with E-state index in [1.165, 1.54) is 0 Å². The van der Waals surface area contributed by atoms with E-state index < -0.39 is 0 Å². The second-order valence-corrected chi connectivity index (χ2v) is 2.75. The maximum absolute atomic E-state index is 10.2. The maximum atomic E-state index is 10.2. The molecule has 1 fully saturated rings. The van der Waals surface area contributed by atoms with Crippen LogP contribution < -0.4 is 0 Å². The van der Waals surface area contributed by atoms with Crippen LogP contribution >= 0.6 is 9.39 Å². The van der Waals surface area contributed by atoms with E-state index in [0.717, 1.165) is 25.7 Å². The molecular formula is C7H16NOP. The van der Waals surface area contributed by atoms with Crippen LogP contribution in [0.3, 0.4) is 0 Å². The van der Waals surface area contributed by atoms with Crippen LogP contribution in [-0.2, 0) is 4.79 Å². The van der Waals surface area contributed by atoms with Gasteiger partial charge in [0.1, 0.15) is 6.29 Å². The molecule has 0 radical (unpaired) electrons. The molecule has 0 spiro atoms. The van der Waals surface area contributed by atoms with Crippen LogP contribution in [0.5, 0.6) is 0 Å². The molecule has 10 heavy (non-hydrogen) atoms. The number of rotatable bonds is 1. The van der Waals surface area contributed by atoms with Crippen molar-refractivity contribution in [2.45, 2.75) is 32.7 Å². The van der Waals surface area contributed by atoms with E-state index in [4.69, 9.17) is 0 Å².